The molecule has 32 heavy (non-hydrogen) atoms. The van der Waals surface area contributed by atoms with Gasteiger partial charge in [0.15, 0.2) is 5.69 Å². The van der Waals surface area contributed by atoms with Crippen molar-refractivity contribution in [3.63, 3.8) is 0 Å². The first-order chi connectivity index (χ1) is 14.9. The Morgan fingerprint density at radius 1 is 1.25 bits per heavy atom. The van der Waals surface area contributed by atoms with E-state index in [-0.39, 0.29) is 22.4 Å². The van der Waals surface area contributed by atoms with Crippen LogP contribution in [0.3, 0.4) is 0 Å². The lowest BCUT2D eigenvalue weighted by atomic mass is 10.1. The Hall–Kier alpha value is -2.44. The number of sulfonamides is 1. The number of amides is 1. The van der Waals surface area contributed by atoms with Crippen LogP contribution >= 0.6 is 0 Å². The van der Waals surface area contributed by atoms with Crippen LogP contribution in [0, 0.1) is 0 Å². The highest BCUT2D eigenvalue weighted by atomic mass is 32.2. The largest absolute Gasteiger partial charge is 0.435 e. The van der Waals surface area contributed by atoms with Crippen molar-refractivity contribution in [3.05, 3.63) is 41.7 Å². The first-order valence-electron chi connectivity index (χ1n) is 10.2. The van der Waals surface area contributed by atoms with E-state index in [0.29, 0.717) is 19.2 Å². The van der Waals surface area contributed by atoms with Gasteiger partial charge in [0.2, 0.25) is 10.0 Å². The van der Waals surface area contributed by atoms with Gasteiger partial charge in [0.05, 0.1) is 11.1 Å². The van der Waals surface area contributed by atoms with E-state index in [1.165, 1.54) is 35.6 Å². The number of rotatable bonds is 6. The Balaban J connectivity index is 1.77. The van der Waals surface area contributed by atoms with Crippen LogP contribution in [0.4, 0.5) is 18.9 Å². The number of halogens is 3. The Labute approximate surface area is 185 Å². The summed E-state index contributed by atoms with van der Waals surface area (Å²) in [6.45, 7) is 3.11. The van der Waals surface area contributed by atoms with Gasteiger partial charge in [-0.05, 0) is 57.1 Å². The minimum Gasteiger partial charge on any atom is -0.321 e. The zero-order valence-corrected chi connectivity index (χ0v) is 18.9. The van der Waals surface area contributed by atoms with Gasteiger partial charge < -0.3 is 5.32 Å². The summed E-state index contributed by atoms with van der Waals surface area (Å²) in [5, 5.41) is 5.79. The van der Waals surface area contributed by atoms with E-state index in [9.17, 15) is 26.4 Å². The molecule has 1 aliphatic heterocycles. The fraction of sp³-hybridized carbons (Fsp3) is 0.500. The van der Waals surface area contributed by atoms with Crippen LogP contribution in [0.2, 0.25) is 0 Å². The maximum atomic E-state index is 13.2. The van der Waals surface area contributed by atoms with Crippen molar-refractivity contribution in [2.24, 2.45) is 7.05 Å². The van der Waals surface area contributed by atoms with Crippen LogP contribution in [0.25, 0.3) is 0 Å². The quantitative estimate of drug-likeness (QED) is 0.697. The monoisotopic (exact) mass is 473 g/mol. The zero-order valence-electron chi connectivity index (χ0n) is 18.1. The number of benzene rings is 1. The van der Waals surface area contributed by atoms with E-state index in [0.717, 1.165) is 23.9 Å². The summed E-state index contributed by atoms with van der Waals surface area (Å²) in [5.74, 6) is -0.785. The number of anilines is 1. The zero-order chi connectivity index (χ0) is 23.7. The number of nitrogens with one attached hydrogen (secondary N) is 1. The number of nitrogens with zero attached hydrogens (tertiary/aromatic N) is 4. The lowest BCUT2D eigenvalue weighted by Crippen LogP contribution is -2.51. The van der Waals surface area contributed by atoms with Gasteiger partial charge in [0, 0.05) is 25.3 Å². The summed E-state index contributed by atoms with van der Waals surface area (Å²) in [6, 6.07) is 6.25. The van der Waals surface area contributed by atoms with Crippen LogP contribution in [0.15, 0.2) is 35.2 Å². The highest BCUT2D eigenvalue weighted by molar-refractivity contribution is 7.89. The van der Waals surface area contributed by atoms with Crippen LogP contribution in [-0.4, -0.2) is 59.6 Å². The van der Waals surface area contributed by atoms with Gasteiger partial charge >= 0.3 is 6.18 Å². The molecule has 0 radical (unpaired) electrons. The molecule has 1 aromatic heterocycles. The second-order valence-corrected chi connectivity index (χ2v) is 9.57. The maximum Gasteiger partial charge on any atom is 0.435 e. The highest BCUT2D eigenvalue weighted by Gasteiger charge is 2.36. The van der Waals surface area contributed by atoms with E-state index < -0.39 is 27.8 Å². The van der Waals surface area contributed by atoms with E-state index in [1.54, 1.807) is 0 Å². The van der Waals surface area contributed by atoms with E-state index in [4.69, 9.17) is 0 Å². The fourth-order valence-electron chi connectivity index (χ4n) is 3.68. The van der Waals surface area contributed by atoms with E-state index >= 15 is 0 Å². The third-order valence-corrected chi connectivity index (χ3v) is 7.46. The lowest BCUT2D eigenvalue weighted by molar-refractivity contribution is -0.141. The number of carbonyl (C=O) groups excluding carboxylic acids is 1. The van der Waals surface area contributed by atoms with Gasteiger partial charge in [0.25, 0.3) is 5.91 Å². The molecule has 2 heterocycles. The summed E-state index contributed by atoms with van der Waals surface area (Å²) >= 11 is 0. The molecule has 12 heteroatoms. The lowest BCUT2D eigenvalue weighted by Gasteiger charge is -2.39. The summed E-state index contributed by atoms with van der Waals surface area (Å²) in [7, 11) is -0.617. The molecule has 8 nitrogen and oxygen atoms in total. The van der Waals surface area contributed by atoms with Crippen molar-refractivity contribution in [1.29, 1.82) is 0 Å². The maximum absolute atomic E-state index is 13.2. The van der Waals surface area contributed by atoms with Crippen molar-refractivity contribution < 1.29 is 26.4 Å². The number of aromatic nitrogens is 2. The van der Waals surface area contributed by atoms with Gasteiger partial charge in [-0.15, -0.1) is 0 Å². The molecule has 1 aromatic carbocycles. The van der Waals surface area contributed by atoms with Crippen molar-refractivity contribution in [3.8, 4) is 0 Å². The molecule has 1 amide bonds. The SMILES string of the molecule is CCN(C)C1CCCCN1S(=O)(=O)c1ccc(NC(=O)c2cc(C(F)(F)F)nn2C)cc1. The molecule has 1 fully saturated rings. The smallest absolute Gasteiger partial charge is 0.321 e. The molecule has 176 valence electrons. The first-order valence-corrected chi connectivity index (χ1v) is 11.6. The van der Waals surface area contributed by atoms with Gasteiger partial charge in [0.1, 0.15) is 5.69 Å². The second kappa shape index (κ2) is 9.20. The van der Waals surface area contributed by atoms with Crippen molar-refractivity contribution in [2.75, 3.05) is 25.5 Å². The van der Waals surface area contributed by atoms with Crippen molar-refractivity contribution in [2.45, 2.75) is 43.4 Å². The number of carbonyl (C=O) groups is 1. The predicted octanol–water partition coefficient (Wildman–Crippen LogP) is 3.14. The van der Waals surface area contributed by atoms with Gasteiger partial charge in [-0.3, -0.25) is 14.4 Å². The minimum absolute atomic E-state index is 0.0896. The van der Waals surface area contributed by atoms with Gasteiger partial charge in [-0.2, -0.15) is 22.6 Å². The van der Waals surface area contributed by atoms with Crippen LogP contribution in [0.1, 0.15) is 42.4 Å². The minimum atomic E-state index is -4.66. The third kappa shape index (κ3) is 4.97. The molecule has 1 saturated heterocycles. The normalized spacial score (nSPS) is 18.2. The topological polar surface area (TPSA) is 87.5 Å². The molecule has 0 bridgehead atoms. The Kier molecular flexibility index (Phi) is 6.96. The van der Waals surface area contributed by atoms with E-state index in [1.807, 2.05) is 18.9 Å². The van der Waals surface area contributed by atoms with Crippen LogP contribution in [0.5, 0.6) is 0 Å². The summed E-state index contributed by atoms with van der Waals surface area (Å²) in [4.78, 5) is 14.5. The molecule has 0 spiro atoms. The Morgan fingerprint density at radius 3 is 2.47 bits per heavy atom. The van der Waals surface area contributed by atoms with Gasteiger partial charge in [-0.1, -0.05) is 6.92 Å². The molecule has 1 atom stereocenters. The number of hydrogen-bond donors (Lipinski definition) is 1. The molecule has 1 unspecified atom stereocenters. The van der Waals surface area contributed by atoms with Crippen LogP contribution < -0.4 is 5.32 Å². The summed E-state index contributed by atoms with van der Waals surface area (Å²) < 4.78 is 67.2. The first kappa shape index (κ1) is 24.2. The van der Waals surface area contributed by atoms with Crippen molar-refractivity contribution in [1.82, 2.24) is 19.0 Å². The third-order valence-electron chi connectivity index (χ3n) is 5.55. The average Bonchev–Trinajstić information content (AvgIpc) is 3.16. The molecule has 0 aliphatic carbocycles. The van der Waals surface area contributed by atoms with E-state index in [2.05, 4.69) is 10.4 Å². The summed E-state index contributed by atoms with van der Waals surface area (Å²) in [5.41, 5.74) is -1.18. The van der Waals surface area contributed by atoms with Crippen molar-refractivity contribution >= 4 is 21.6 Å². The highest BCUT2D eigenvalue weighted by Crippen LogP contribution is 2.29. The summed E-state index contributed by atoms with van der Waals surface area (Å²) in [6.07, 6.45) is -2.39. The average molecular weight is 474 g/mol. The molecule has 3 rings (SSSR count). The number of alkyl halides is 3. The number of aryl methyl sites for hydroxylation is 1. The standard InChI is InChI=1S/C20H26F3N5O3S/c1-4-26(2)18-7-5-6-12-28(18)32(30,31)15-10-8-14(9-11-15)24-19(29)16-13-17(20(21,22)23)25-27(16)3/h8-11,13,18H,4-7,12H2,1-3H3,(H,24,29). The molecule has 1 N–H and O–H groups in total. The molecule has 2 aromatic rings. The van der Waals surface area contributed by atoms with Gasteiger partial charge in [-0.25, -0.2) is 8.42 Å². The number of hydrogen-bond acceptors (Lipinski definition) is 5. The van der Waals surface area contributed by atoms with Crippen LogP contribution in [-0.2, 0) is 23.2 Å². The predicted molar refractivity (Wildman–Crippen MR) is 112 cm³/mol. The molecular formula is C20H26F3N5O3S. The number of piperidine rings is 1. The Bertz CT molecular complexity index is 1070. The molecule has 0 saturated carbocycles. The Morgan fingerprint density at radius 2 is 1.91 bits per heavy atom. The molecule has 1 aliphatic rings. The second-order valence-electron chi connectivity index (χ2n) is 7.68. The fourth-order valence-corrected chi connectivity index (χ4v) is 5.38. The molecular weight excluding hydrogens is 447 g/mol.